The molecule has 0 aliphatic carbocycles. The minimum absolute atomic E-state index is 0.0363. The highest BCUT2D eigenvalue weighted by atomic mass is 15.2. The van der Waals surface area contributed by atoms with Crippen LogP contribution in [0.3, 0.4) is 0 Å². The highest BCUT2D eigenvalue weighted by Gasteiger charge is 2.46. The molecule has 0 N–H and O–H groups in total. The van der Waals surface area contributed by atoms with Crippen LogP contribution in [0.4, 0.5) is 34.1 Å². The summed E-state index contributed by atoms with van der Waals surface area (Å²) in [5.74, 6) is 0. The largest absolute Gasteiger partial charge is 0.310 e. The zero-order valence-electron chi connectivity index (χ0n) is 58.6. The molecule has 0 atom stereocenters. The van der Waals surface area contributed by atoms with Crippen LogP contribution in [0.25, 0.3) is 94.3 Å². The van der Waals surface area contributed by atoms with E-state index in [0.717, 1.165) is 95.4 Å². The first-order valence-electron chi connectivity index (χ1n) is 35.0. The fraction of sp³-hybridized carbons (Fsp3) is 0.170. The van der Waals surface area contributed by atoms with Gasteiger partial charge in [-0.15, -0.1) is 0 Å². The number of hydrogen-bond donors (Lipinski definition) is 0. The Morgan fingerprint density at radius 2 is 0.592 bits per heavy atom. The summed E-state index contributed by atoms with van der Waals surface area (Å²) < 4.78 is 2.55. The van der Waals surface area contributed by atoms with Gasteiger partial charge in [-0.1, -0.05) is 338 Å². The van der Waals surface area contributed by atoms with Gasteiger partial charge in [-0.25, -0.2) is 0 Å². The molecular weight excluding hydrogens is 1180 g/mol. The van der Waals surface area contributed by atoms with E-state index >= 15 is 0 Å². The summed E-state index contributed by atoms with van der Waals surface area (Å²) in [6.07, 6.45) is 0. The number of anilines is 6. The highest BCUT2D eigenvalue weighted by Crippen LogP contribution is 2.55. The lowest BCUT2D eigenvalue weighted by atomic mass is 9.33. The minimum atomic E-state index is -0.225. The smallest absolute Gasteiger partial charge is 0.252 e. The van der Waals surface area contributed by atoms with Gasteiger partial charge in [-0.05, 0) is 141 Å². The van der Waals surface area contributed by atoms with E-state index in [4.69, 9.17) is 0 Å². The summed E-state index contributed by atoms with van der Waals surface area (Å²) >= 11 is 0. The SMILES string of the molecule is CC(C)(C)c1ccc(-c2ccc3c(c2)N(c2c(-c4ccccc4)cccc2-c2ccccc2)c2cc(-n4c5ccccc5c5ccccc54)cc4c2B3c2ccc(-c3ccc(C(C)(C)C)cc3C(C)(C)C)cc2N4c2c(-c3ccccc3)cccc2-c2ccccc2)c(C(C)(C)C)c1. The molecule has 3 nitrogen and oxygen atoms in total. The molecule has 0 bridgehead atoms. The fourth-order valence-electron chi connectivity index (χ4n) is 15.9. The first kappa shape index (κ1) is 62.2. The molecule has 0 spiro atoms. The third-order valence-electron chi connectivity index (χ3n) is 20.8. The Labute approximate surface area is 580 Å². The Bertz CT molecular complexity index is 4970. The molecule has 16 rings (SSSR count). The predicted octanol–water partition coefficient (Wildman–Crippen LogP) is 24.1. The van der Waals surface area contributed by atoms with Crippen molar-refractivity contribution in [3.8, 4) is 72.4 Å². The molecule has 4 heteroatoms. The molecule has 0 saturated heterocycles. The zero-order chi connectivity index (χ0) is 67.6. The molecular formula is C94H84BN3. The number of aromatic nitrogens is 1. The first-order valence-corrected chi connectivity index (χ1v) is 35.0. The number of para-hydroxylation sites is 4. The van der Waals surface area contributed by atoms with Gasteiger partial charge in [0.15, 0.2) is 0 Å². The Morgan fingerprint density at radius 3 is 0.929 bits per heavy atom. The molecule has 0 amide bonds. The van der Waals surface area contributed by atoms with Gasteiger partial charge in [-0.2, -0.15) is 0 Å². The molecule has 98 heavy (non-hydrogen) atoms. The Balaban J connectivity index is 1.12. The second-order valence-electron chi connectivity index (χ2n) is 31.3. The Hall–Kier alpha value is -10.7. The monoisotopic (exact) mass is 1270 g/mol. The molecule has 0 fully saturated rings. The molecule has 2 aliphatic rings. The summed E-state index contributed by atoms with van der Waals surface area (Å²) in [6.45, 7) is 28.0. The van der Waals surface area contributed by atoms with E-state index in [9.17, 15) is 0 Å². The second-order valence-corrected chi connectivity index (χ2v) is 31.3. The lowest BCUT2D eigenvalue weighted by Gasteiger charge is -2.46. The van der Waals surface area contributed by atoms with Crippen LogP contribution in [0.2, 0.25) is 0 Å². The average Bonchev–Trinajstić information content (AvgIpc) is 0.790. The first-order chi connectivity index (χ1) is 47.2. The molecule has 14 aromatic rings. The van der Waals surface area contributed by atoms with Crippen LogP contribution in [-0.4, -0.2) is 11.3 Å². The lowest BCUT2D eigenvalue weighted by Crippen LogP contribution is -2.61. The summed E-state index contributed by atoms with van der Waals surface area (Å²) in [5, 5.41) is 2.43. The van der Waals surface area contributed by atoms with Gasteiger partial charge in [0.05, 0.1) is 28.1 Å². The van der Waals surface area contributed by atoms with Crippen molar-refractivity contribution in [2.24, 2.45) is 0 Å². The fourth-order valence-corrected chi connectivity index (χ4v) is 15.9. The van der Waals surface area contributed by atoms with E-state index in [-0.39, 0.29) is 28.4 Å². The third kappa shape index (κ3) is 10.6. The standard InChI is InChI=1S/C94H84BN3/c1-91(2,3)67-49-51-70(78(57-67)93(7,8)9)65-47-53-80-84(55-65)97(89-72(61-31-17-13-18-32-61)41-29-42-73(89)62-33-19-14-20-34-62)86-59-69(96-82-45-27-25-39-76(82)77-40-26-28-46-83(77)96)60-87-88(86)95(80)81-54-48-66(71-52-50-68(92(4,5)6)58-79(71)94(10,11)12)56-85(81)98(87)90-74(63-35-21-15-22-36-63)43-30-44-75(90)64-37-23-16-24-38-64/h13-60H,1-12H3. The van der Waals surface area contributed by atoms with Crippen molar-refractivity contribution in [2.45, 2.75) is 105 Å². The highest BCUT2D eigenvalue weighted by molar-refractivity contribution is 7.00. The number of benzene rings is 13. The van der Waals surface area contributed by atoms with Crippen LogP contribution in [0, 0.1) is 0 Å². The Kier molecular flexibility index (Phi) is 14.9. The normalized spacial score (nSPS) is 13.0. The minimum Gasteiger partial charge on any atom is -0.310 e. The predicted molar refractivity (Wildman–Crippen MR) is 422 cm³/mol. The molecule has 0 saturated carbocycles. The van der Waals surface area contributed by atoms with E-state index in [1.807, 2.05) is 0 Å². The number of hydrogen-bond acceptors (Lipinski definition) is 2. The van der Waals surface area contributed by atoms with Crippen LogP contribution >= 0.6 is 0 Å². The summed E-state index contributed by atoms with van der Waals surface area (Å²) in [4.78, 5) is 5.42. The topological polar surface area (TPSA) is 11.4 Å². The molecule has 478 valence electrons. The number of fused-ring (bicyclic) bond motifs is 7. The molecule has 0 radical (unpaired) electrons. The summed E-state index contributed by atoms with van der Waals surface area (Å²) in [5.41, 5.74) is 32.9. The maximum atomic E-state index is 2.71. The van der Waals surface area contributed by atoms with Crippen LogP contribution < -0.4 is 26.2 Å². The van der Waals surface area contributed by atoms with Crippen LogP contribution in [0.15, 0.2) is 291 Å². The van der Waals surface area contributed by atoms with Crippen LogP contribution in [0.1, 0.15) is 105 Å². The summed E-state index contributed by atoms with van der Waals surface area (Å²) in [6, 6.07) is 111. The second kappa shape index (κ2) is 23.6. The van der Waals surface area contributed by atoms with Gasteiger partial charge in [0.1, 0.15) is 0 Å². The quantitative estimate of drug-likeness (QED) is 0.133. The molecule has 3 heterocycles. The van der Waals surface area contributed by atoms with Crippen molar-refractivity contribution >= 4 is 79.0 Å². The van der Waals surface area contributed by atoms with Gasteiger partial charge in [0.25, 0.3) is 6.71 Å². The maximum absolute atomic E-state index is 2.71. The number of rotatable bonds is 9. The van der Waals surface area contributed by atoms with Gasteiger partial charge in [-0.3, -0.25) is 0 Å². The molecule has 13 aromatic carbocycles. The van der Waals surface area contributed by atoms with Gasteiger partial charge < -0.3 is 14.4 Å². The summed E-state index contributed by atoms with van der Waals surface area (Å²) in [7, 11) is 0. The van der Waals surface area contributed by atoms with Crippen molar-refractivity contribution in [3.63, 3.8) is 0 Å². The molecule has 2 aliphatic heterocycles. The third-order valence-corrected chi connectivity index (χ3v) is 20.8. The lowest BCUT2D eigenvalue weighted by molar-refractivity contribution is 0.569. The van der Waals surface area contributed by atoms with Crippen molar-refractivity contribution in [1.82, 2.24) is 4.57 Å². The van der Waals surface area contributed by atoms with Gasteiger partial charge >= 0.3 is 0 Å². The van der Waals surface area contributed by atoms with Crippen LogP contribution in [-0.2, 0) is 21.7 Å². The van der Waals surface area contributed by atoms with Gasteiger partial charge in [0, 0.05) is 55.8 Å². The van der Waals surface area contributed by atoms with Crippen molar-refractivity contribution in [1.29, 1.82) is 0 Å². The number of nitrogens with zero attached hydrogens (tertiary/aromatic N) is 3. The van der Waals surface area contributed by atoms with Gasteiger partial charge in [0.2, 0.25) is 0 Å². The molecule has 1 aromatic heterocycles. The van der Waals surface area contributed by atoms with Crippen LogP contribution in [0.5, 0.6) is 0 Å². The molecule has 0 unspecified atom stereocenters. The van der Waals surface area contributed by atoms with E-state index < -0.39 is 0 Å². The zero-order valence-corrected chi connectivity index (χ0v) is 58.6. The van der Waals surface area contributed by atoms with E-state index in [1.54, 1.807) is 0 Å². The maximum Gasteiger partial charge on any atom is 0.252 e. The van der Waals surface area contributed by atoms with E-state index in [2.05, 4.69) is 389 Å². The van der Waals surface area contributed by atoms with Crippen molar-refractivity contribution in [3.05, 3.63) is 313 Å². The van der Waals surface area contributed by atoms with Crippen molar-refractivity contribution in [2.75, 3.05) is 9.80 Å². The average molecular weight is 1270 g/mol. The van der Waals surface area contributed by atoms with E-state index in [1.165, 1.54) is 71.7 Å². The Morgan fingerprint density at radius 1 is 0.255 bits per heavy atom. The van der Waals surface area contributed by atoms with E-state index in [0.29, 0.717) is 0 Å². The van der Waals surface area contributed by atoms with Crippen molar-refractivity contribution < 1.29 is 0 Å².